The van der Waals surface area contributed by atoms with Crippen LogP contribution in [0, 0.1) is 0 Å². The zero-order valence-corrected chi connectivity index (χ0v) is 58.7. The Labute approximate surface area is 570 Å². The van der Waals surface area contributed by atoms with E-state index in [1.165, 1.54) is 122 Å². The number of amides is 1. The summed E-state index contributed by atoms with van der Waals surface area (Å²) in [7, 11) is 0. The second kappa shape index (κ2) is 62.6. The summed E-state index contributed by atoms with van der Waals surface area (Å²) < 4.78 is 22.9. The van der Waals surface area contributed by atoms with E-state index in [0.717, 1.165) is 116 Å². The van der Waals surface area contributed by atoms with Gasteiger partial charge in [0, 0.05) is 6.42 Å². The average Bonchev–Trinajstić information content (AvgIpc) is 0.794. The molecular formula is C80H135NO13. The number of ether oxygens (including phenoxy) is 4. The van der Waals surface area contributed by atoms with E-state index in [0.29, 0.717) is 12.8 Å². The van der Waals surface area contributed by atoms with Gasteiger partial charge in [0.25, 0.3) is 0 Å². The maximum Gasteiger partial charge on any atom is 0.220 e. The number of aliphatic hydroxyl groups is 8. The predicted molar refractivity (Wildman–Crippen MR) is 387 cm³/mol. The molecule has 2 aliphatic heterocycles. The Kier molecular flexibility index (Phi) is 57.4. The molecule has 2 rings (SSSR count). The highest BCUT2D eigenvalue weighted by Gasteiger charge is 2.51. The van der Waals surface area contributed by atoms with Crippen LogP contribution in [0.4, 0.5) is 0 Å². The molecule has 94 heavy (non-hydrogen) atoms. The topological polar surface area (TPSA) is 228 Å². The Morgan fingerprint density at radius 2 is 0.745 bits per heavy atom. The molecule has 0 spiro atoms. The van der Waals surface area contributed by atoms with Gasteiger partial charge in [-0.25, -0.2) is 0 Å². The lowest BCUT2D eigenvalue weighted by molar-refractivity contribution is -0.359. The quantitative estimate of drug-likeness (QED) is 0.0204. The number of unbranched alkanes of at least 4 members (excludes halogenated alkanes) is 27. The molecule has 9 N–H and O–H groups in total. The first-order valence-corrected chi connectivity index (χ1v) is 37.4. The molecule has 0 bridgehead atoms. The van der Waals surface area contributed by atoms with Crippen molar-refractivity contribution in [1.29, 1.82) is 0 Å². The normalized spacial score (nSPS) is 23.3. The summed E-state index contributed by atoms with van der Waals surface area (Å²) in [5.41, 5.74) is 0. The fourth-order valence-corrected chi connectivity index (χ4v) is 11.4. The predicted octanol–water partition coefficient (Wildman–Crippen LogP) is 16.2. The fraction of sp³-hybridized carbons (Fsp3) is 0.713. The molecule has 0 aromatic heterocycles. The van der Waals surface area contributed by atoms with Gasteiger partial charge in [-0.2, -0.15) is 0 Å². The molecule has 2 aliphatic rings. The van der Waals surface area contributed by atoms with E-state index in [2.05, 4.69) is 141 Å². The molecule has 14 heteroatoms. The lowest BCUT2D eigenvalue weighted by atomic mass is 9.97. The maximum absolute atomic E-state index is 13.4. The SMILES string of the molecule is CC/C=C\C/C=C\C/C=C\C/C=C\C/C=C\C/C=C\C/C=C\C/C=C\C/C=C\CCCCCCCCCC(=O)NC(COC1OC(CO)C(OC2OC(CO)C(O)C(O)C2O)C(O)C1O)C(O)/C=C/CC/C=C/CCCCCCCCCCCCCCCCCCCCC. The van der Waals surface area contributed by atoms with Crippen molar-refractivity contribution >= 4 is 5.91 Å². The van der Waals surface area contributed by atoms with E-state index in [4.69, 9.17) is 18.9 Å². The first kappa shape index (κ1) is 86.2. The van der Waals surface area contributed by atoms with Gasteiger partial charge in [-0.1, -0.05) is 295 Å². The maximum atomic E-state index is 13.4. The van der Waals surface area contributed by atoms with Gasteiger partial charge in [0.1, 0.15) is 48.8 Å². The summed E-state index contributed by atoms with van der Waals surface area (Å²) in [6, 6.07) is -0.949. The lowest BCUT2D eigenvalue weighted by Gasteiger charge is -2.46. The third kappa shape index (κ3) is 45.6. The van der Waals surface area contributed by atoms with E-state index in [-0.39, 0.29) is 18.9 Å². The van der Waals surface area contributed by atoms with Gasteiger partial charge in [0.15, 0.2) is 12.6 Å². The monoisotopic (exact) mass is 1320 g/mol. The molecular weight excluding hydrogens is 1180 g/mol. The van der Waals surface area contributed by atoms with Crippen LogP contribution in [0.3, 0.4) is 0 Å². The largest absolute Gasteiger partial charge is 0.394 e. The van der Waals surface area contributed by atoms with E-state index in [1.54, 1.807) is 6.08 Å². The Morgan fingerprint density at radius 3 is 1.17 bits per heavy atom. The van der Waals surface area contributed by atoms with Crippen molar-refractivity contribution in [1.82, 2.24) is 5.32 Å². The molecule has 12 atom stereocenters. The smallest absolute Gasteiger partial charge is 0.220 e. The first-order valence-electron chi connectivity index (χ1n) is 37.4. The number of rotatable bonds is 60. The molecule has 12 unspecified atom stereocenters. The van der Waals surface area contributed by atoms with E-state index < -0.39 is 86.8 Å². The molecule has 0 aromatic rings. The molecule has 538 valence electrons. The van der Waals surface area contributed by atoms with Gasteiger partial charge < -0.3 is 65.1 Å². The highest BCUT2D eigenvalue weighted by Crippen LogP contribution is 2.30. The highest BCUT2D eigenvalue weighted by atomic mass is 16.7. The van der Waals surface area contributed by atoms with Crippen LogP contribution >= 0.6 is 0 Å². The number of hydrogen-bond acceptors (Lipinski definition) is 13. The van der Waals surface area contributed by atoms with E-state index in [9.17, 15) is 45.6 Å². The average molecular weight is 1320 g/mol. The first-order chi connectivity index (χ1) is 46.1. The minimum absolute atomic E-state index is 0.252. The van der Waals surface area contributed by atoms with Crippen molar-refractivity contribution < 1.29 is 64.6 Å². The standard InChI is InChI=1S/C80H135NO13/c1-3-5-7-9-11-13-15-17-19-21-23-25-27-29-30-31-32-33-34-35-36-37-38-40-42-44-46-48-50-52-54-56-58-60-62-64-72(85)81-68(67-91-79-77(90)75(88)78(71(66-83)93-79)94-80-76(89)74(87)73(86)70(65-82)92-80)69(84)63-61-59-57-55-53-51-49-47-45-43-41-39-28-26-24-22-20-18-16-14-12-10-8-6-4-2/h5,7,11,13,17,19,23,25,29-30,32-33,35-36,38,40,44,46,53,55,61,63,68-71,73-80,82-84,86-90H,3-4,6,8-10,12,14-16,18,20-22,24,26-28,31,34,37,39,41-43,45,47-52,54,56-60,62,64-67H2,1-2H3,(H,81,85)/b7-5-,13-11-,19-17-,25-23-,30-29-,33-32-,36-35-,40-38-,46-44-,55-53+,63-61+. The lowest BCUT2D eigenvalue weighted by Crippen LogP contribution is -2.65. The van der Waals surface area contributed by atoms with Crippen LogP contribution in [-0.2, 0) is 23.7 Å². The Hall–Kier alpha value is -3.87. The van der Waals surface area contributed by atoms with Gasteiger partial charge in [-0.3, -0.25) is 4.79 Å². The number of carbonyl (C=O) groups is 1. The Bertz CT molecular complexity index is 2090. The number of hydrogen-bond donors (Lipinski definition) is 9. The van der Waals surface area contributed by atoms with Gasteiger partial charge in [-0.15, -0.1) is 0 Å². The molecule has 0 radical (unpaired) electrons. The number of carbonyl (C=O) groups excluding carboxylic acids is 1. The van der Waals surface area contributed by atoms with E-state index >= 15 is 0 Å². The van der Waals surface area contributed by atoms with Crippen LogP contribution in [-0.4, -0.2) is 140 Å². The van der Waals surface area contributed by atoms with Crippen LogP contribution in [0.25, 0.3) is 0 Å². The van der Waals surface area contributed by atoms with Crippen LogP contribution in [0.2, 0.25) is 0 Å². The molecule has 2 fully saturated rings. The molecule has 14 nitrogen and oxygen atoms in total. The highest BCUT2D eigenvalue weighted by molar-refractivity contribution is 5.76. The van der Waals surface area contributed by atoms with Gasteiger partial charge >= 0.3 is 0 Å². The van der Waals surface area contributed by atoms with Gasteiger partial charge in [-0.05, 0) is 103 Å². The second-order valence-corrected chi connectivity index (χ2v) is 25.7. The zero-order chi connectivity index (χ0) is 68.0. The summed E-state index contributed by atoms with van der Waals surface area (Å²) in [5, 5.41) is 87.5. The fourth-order valence-electron chi connectivity index (χ4n) is 11.4. The summed E-state index contributed by atoms with van der Waals surface area (Å²) in [5.74, 6) is -0.264. The van der Waals surface area contributed by atoms with Crippen molar-refractivity contribution in [3.05, 3.63) is 134 Å². The van der Waals surface area contributed by atoms with Crippen LogP contribution in [0.5, 0.6) is 0 Å². The summed E-state index contributed by atoms with van der Waals surface area (Å²) >= 11 is 0. The van der Waals surface area contributed by atoms with Crippen molar-refractivity contribution in [3.8, 4) is 0 Å². The third-order valence-corrected chi connectivity index (χ3v) is 17.3. The van der Waals surface area contributed by atoms with Crippen molar-refractivity contribution in [3.63, 3.8) is 0 Å². The Morgan fingerprint density at radius 1 is 0.394 bits per heavy atom. The van der Waals surface area contributed by atoms with Crippen molar-refractivity contribution in [2.24, 2.45) is 0 Å². The second-order valence-electron chi connectivity index (χ2n) is 25.7. The molecule has 0 aliphatic carbocycles. The molecule has 2 heterocycles. The minimum Gasteiger partial charge on any atom is -0.394 e. The van der Waals surface area contributed by atoms with Crippen LogP contribution in [0.1, 0.15) is 271 Å². The summed E-state index contributed by atoms with van der Waals surface area (Å²) in [6.07, 6.45) is 76.5. The minimum atomic E-state index is -1.80. The van der Waals surface area contributed by atoms with Crippen molar-refractivity contribution in [2.45, 2.75) is 344 Å². The number of allylic oxidation sites excluding steroid dienone is 21. The third-order valence-electron chi connectivity index (χ3n) is 17.3. The summed E-state index contributed by atoms with van der Waals surface area (Å²) in [6.45, 7) is 2.68. The summed E-state index contributed by atoms with van der Waals surface area (Å²) in [4.78, 5) is 13.4. The molecule has 0 saturated carbocycles. The number of aliphatic hydroxyl groups excluding tert-OH is 8. The molecule has 1 amide bonds. The molecule has 0 aromatic carbocycles. The Balaban J connectivity index is 1.69. The van der Waals surface area contributed by atoms with Crippen molar-refractivity contribution in [2.75, 3.05) is 19.8 Å². The van der Waals surface area contributed by atoms with Crippen LogP contribution < -0.4 is 5.32 Å². The van der Waals surface area contributed by atoms with Gasteiger partial charge in [0.2, 0.25) is 5.91 Å². The van der Waals surface area contributed by atoms with E-state index in [1.807, 2.05) is 6.08 Å². The van der Waals surface area contributed by atoms with Gasteiger partial charge in [0.05, 0.1) is 32.0 Å². The van der Waals surface area contributed by atoms with Crippen LogP contribution in [0.15, 0.2) is 134 Å². The number of nitrogens with one attached hydrogen (secondary N) is 1. The molecule has 2 saturated heterocycles. The zero-order valence-electron chi connectivity index (χ0n) is 58.7.